The molecule has 34 heavy (non-hydrogen) atoms. The number of hydrogen-bond donors (Lipinski definition) is 1. The molecule has 0 bridgehead atoms. The molecule has 1 N–H and O–H groups in total. The van der Waals surface area contributed by atoms with Crippen LogP contribution in [0.5, 0.6) is 11.5 Å². The van der Waals surface area contributed by atoms with E-state index in [9.17, 15) is 14.4 Å². The van der Waals surface area contributed by atoms with E-state index in [0.29, 0.717) is 41.4 Å². The predicted octanol–water partition coefficient (Wildman–Crippen LogP) is 3.75. The fourth-order valence-electron chi connectivity index (χ4n) is 4.39. The largest absolute Gasteiger partial charge is 0.486 e. The van der Waals surface area contributed by atoms with Crippen molar-refractivity contribution in [3.05, 3.63) is 94.5 Å². The number of urea groups is 1. The van der Waals surface area contributed by atoms with E-state index in [2.05, 4.69) is 5.32 Å². The highest BCUT2D eigenvalue weighted by Gasteiger charge is 2.54. The summed E-state index contributed by atoms with van der Waals surface area (Å²) >= 11 is 0. The first-order valence-corrected chi connectivity index (χ1v) is 11.1. The molecule has 0 spiro atoms. The summed E-state index contributed by atoms with van der Waals surface area (Å²) in [6, 6.07) is 19.0. The van der Waals surface area contributed by atoms with Gasteiger partial charge in [-0.3, -0.25) is 14.5 Å². The van der Waals surface area contributed by atoms with Gasteiger partial charge >= 0.3 is 6.03 Å². The molecule has 0 radical (unpaired) electrons. The molecule has 3 aromatic carbocycles. The van der Waals surface area contributed by atoms with Crippen LogP contribution < -0.4 is 14.8 Å². The summed E-state index contributed by atoms with van der Waals surface area (Å²) in [7, 11) is 0. The second kappa shape index (κ2) is 8.33. The third-order valence-corrected chi connectivity index (χ3v) is 6.42. The van der Waals surface area contributed by atoms with E-state index in [-0.39, 0.29) is 12.3 Å². The zero-order valence-corrected chi connectivity index (χ0v) is 19.0. The van der Waals surface area contributed by atoms with E-state index in [1.54, 1.807) is 30.3 Å². The van der Waals surface area contributed by atoms with E-state index >= 15 is 0 Å². The summed E-state index contributed by atoms with van der Waals surface area (Å²) in [5.41, 5.74) is 2.28. The van der Waals surface area contributed by atoms with Crippen molar-refractivity contribution in [2.24, 2.45) is 0 Å². The first-order valence-electron chi connectivity index (χ1n) is 11.1. The van der Waals surface area contributed by atoms with E-state index in [4.69, 9.17) is 9.47 Å². The van der Waals surface area contributed by atoms with Crippen LogP contribution in [0.3, 0.4) is 0 Å². The number of carbonyl (C=O) groups excluding carboxylic acids is 3. The number of hydrogen-bond acceptors (Lipinski definition) is 5. The summed E-state index contributed by atoms with van der Waals surface area (Å²) < 4.78 is 11.1. The Morgan fingerprint density at radius 2 is 1.62 bits per heavy atom. The van der Waals surface area contributed by atoms with Crippen molar-refractivity contribution in [3.63, 3.8) is 0 Å². The van der Waals surface area contributed by atoms with Crippen LogP contribution >= 0.6 is 0 Å². The number of Topliss-reactive ketones (excluding diaryl/α,β-unsaturated/α-hetero) is 1. The molecule has 7 nitrogen and oxygen atoms in total. The highest BCUT2D eigenvalue weighted by Crippen LogP contribution is 2.37. The number of ketones is 1. The van der Waals surface area contributed by atoms with Crippen molar-refractivity contribution in [1.82, 2.24) is 10.2 Å². The fourth-order valence-corrected chi connectivity index (χ4v) is 4.39. The van der Waals surface area contributed by atoms with Gasteiger partial charge in [-0.25, -0.2) is 4.79 Å². The van der Waals surface area contributed by atoms with Crippen LogP contribution in [-0.2, 0) is 10.3 Å². The molecule has 1 atom stereocenters. The molecule has 3 amide bonds. The summed E-state index contributed by atoms with van der Waals surface area (Å²) in [6.07, 6.45) is 0. The number of nitrogens with one attached hydrogen (secondary N) is 1. The lowest BCUT2D eigenvalue weighted by atomic mass is 9.81. The van der Waals surface area contributed by atoms with Gasteiger partial charge < -0.3 is 14.8 Å². The highest BCUT2D eigenvalue weighted by molar-refractivity contribution is 6.13. The SMILES string of the molecule is Cc1ccc([C@]2(c3ccccc3)NC(=O)N(CC(=O)c3ccc4c(c3)OCCO4)C2=O)cc1C. The van der Waals surface area contributed by atoms with Crippen LogP contribution in [0.4, 0.5) is 4.79 Å². The number of benzene rings is 3. The average Bonchev–Trinajstić information content (AvgIpc) is 3.11. The van der Waals surface area contributed by atoms with Crippen molar-refractivity contribution in [1.29, 1.82) is 0 Å². The van der Waals surface area contributed by atoms with E-state index in [0.717, 1.165) is 16.0 Å². The molecule has 0 aliphatic carbocycles. The van der Waals surface area contributed by atoms with E-state index < -0.39 is 17.5 Å². The third kappa shape index (κ3) is 3.50. The van der Waals surface area contributed by atoms with Crippen LogP contribution in [0.1, 0.15) is 32.6 Å². The van der Waals surface area contributed by atoms with Crippen LogP contribution in [0.2, 0.25) is 0 Å². The zero-order valence-electron chi connectivity index (χ0n) is 19.0. The Morgan fingerprint density at radius 1 is 0.882 bits per heavy atom. The first-order chi connectivity index (χ1) is 16.4. The maximum Gasteiger partial charge on any atom is 0.325 e. The Labute approximate surface area is 197 Å². The number of ether oxygens (including phenoxy) is 2. The van der Waals surface area contributed by atoms with Crippen LogP contribution in [0.25, 0.3) is 0 Å². The lowest BCUT2D eigenvalue weighted by Gasteiger charge is -2.28. The van der Waals surface area contributed by atoms with Gasteiger partial charge in [0.25, 0.3) is 5.91 Å². The van der Waals surface area contributed by atoms with Gasteiger partial charge in [0.2, 0.25) is 0 Å². The molecule has 3 aromatic rings. The van der Waals surface area contributed by atoms with Crippen LogP contribution in [0, 0.1) is 13.8 Å². The number of carbonyl (C=O) groups is 3. The Kier molecular flexibility index (Phi) is 5.32. The van der Waals surface area contributed by atoms with Crippen molar-refractivity contribution < 1.29 is 23.9 Å². The van der Waals surface area contributed by atoms with Gasteiger partial charge in [-0.15, -0.1) is 0 Å². The van der Waals surface area contributed by atoms with Crippen molar-refractivity contribution in [2.75, 3.05) is 19.8 Å². The molecule has 0 aromatic heterocycles. The first kappa shape index (κ1) is 21.7. The Morgan fingerprint density at radius 3 is 2.35 bits per heavy atom. The number of imide groups is 1. The zero-order chi connectivity index (χ0) is 23.9. The second-order valence-electron chi connectivity index (χ2n) is 8.52. The van der Waals surface area contributed by atoms with E-state index in [1.165, 1.54) is 0 Å². The van der Waals surface area contributed by atoms with Gasteiger partial charge in [0.1, 0.15) is 13.2 Å². The third-order valence-electron chi connectivity index (χ3n) is 6.42. The lowest BCUT2D eigenvalue weighted by molar-refractivity contribution is -0.129. The Hall–Kier alpha value is -4.13. The van der Waals surface area contributed by atoms with Crippen molar-refractivity contribution in [2.45, 2.75) is 19.4 Å². The number of fused-ring (bicyclic) bond motifs is 1. The molecule has 0 saturated carbocycles. The van der Waals surface area contributed by atoms with Gasteiger partial charge in [-0.05, 0) is 54.3 Å². The Balaban J connectivity index is 1.50. The molecule has 0 unspecified atom stereocenters. The highest BCUT2D eigenvalue weighted by atomic mass is 16.6. The molecular weight excluding hydrogens is 432 g/mol. The minimum absolute atomic E-state index is 0.341. The second-order valence-corrected chi connectivity index (χ2v) is 8.52. The minimum atomic E-state index is -1.41. The smallest absolute Gasteiger partial charge is 0.325 e. The van der Waals surface area contributed by atoms with Crippen LogP contribution in [-0.4, -0.2) is 42.4 Å². The number of amides is 3. The van der Waals surface area contributed by atoms with Crippen molar-refractivity contribution in [3.8, 4) is 11.5 Å². The van der Waals surface area contributed by atoms with Gasteiger partial charge in [0, 0.05) is 5.56 Å². The monoisotopic (exact) mass is 456 g/mol. The maximum atomic E-state index is 13.9. The number of aryl methyl sites for hydroxylation is 2. The van der Waals surface area contributed by atoms with Gasteiger partial charge in [0.15, 0.2) is 22.8 Å². The molecule has 2 aliphatic heterocycles. The Bertz CT molecular complexity index is 1300. The molecule has 5 rings (SSSR count). The summed E-state index contributed by atoms with van der Waals surface area (Å²) in [4.78, 5) is 41.1. The summed E-state index contributed by atoms with van der Waals surface area (Å²) in [5.74, 6) is 0.181. The van der Waals surface area contributed by atoms with Gasteiger partial charge in [0.05, 0.1) is 6.54 Å². The quantitative estimate of drug-likeness (QED) is 0.467. The van der Waals surface area contributed by atoms with E-state index in [1.807, 2.05) is 50.2 Å². The fraction of sp³-hybridized carbons (Fsp3) is 0.222. The van der Waals surface area contributed by atoms with Gasteiger partial charge in [-0.1, -0.05) is 48.5 Å². The average molecular weight is 456 g/mol. The summed E-state index contributed by atoms with van der Waals surface area (Å²) in [5, 5.41) is 2.89. The van der Waals surface area contributed by atoms with Crippen molar-refractivity contribution >= 4 is 17.7 Å². The molecule has 172 valence electrons. The topological polar surface area (TPSA) is 84.9 Å². The molecule has 2 heterocycles. The number of nitrogens with zero attached hydrogens (tertiary/aromatic N) is 1. The summed E-state index contributed by atoms with van der Waals surface area (Å²) in [6.45, 7) is 4.41. The predicted molar refractivity (Wildman–Crippen MR) is 125 cm³/mol. The molecule has 7 heteroatoms. The standard InChI is InChI=1S/C27H24N2O5/c1-17-8-10-21(14-18(17)2)27(20-6-4-3-5-7-20)25(31)29(26(32)28-27)16-22(30)19-9-11-23-24(15-19)34-13-12-33-23/h3-11,14-15H,12-13,16H2,1-2H3,(H,28,32)/t27-/m0/s1. The molecule has 2 aliphatic rings. The van der Waals surface area contributed by atoms with Gasteiger partial charge in [-0.2, -0.15) is 0 Å². The lowest BCUT2D eigenvalue weighted by Crippen LogP contribution is -2.45. The normalized spacial score (nSPS) is 19.2. The maximum absolute atomic E-state index is 13.9. The number of rotatable bonds is 5. The molecule has 1 fully saturated rings. The van der Waals surface area contributed by atoms with Crippen LogP contribution in [0.15, 0.2) is 66.7 Å². The molecule has 1 saturated heterocycles. The molecular formula is C27H24N2O5. The minimum Gasteiger partial charge on any atom is -0.486 e.